The Morgan fingerprint density at radius 3 is 2.60 bits per heavy atom. The van der Waals surface area contributed by atoms with Gasteiger partial charge in [0.25, 0.3) is 0 Å². The van der Waals surface area contributed by atoms with Crippen LogP contribution in [0.4, 0.5) is 5.69 Å². The van der Waals surface area contributed by atoms with Crippen LogP contribution in [0, 0.1) is 0 Å². The summed E-state index contributed by atoms with van der Waals surface area (Å²) in [5.41, 5.74) is 1.48. The smallest absolute Gasteiger partial charge is 0.248 e. The Morgan fingerprint density at radius 1 is 1.15 bits per heavy atom. The predicted octanol–water partition coefficient (Wildman–Crippen LogP) is 4.00. The van der Waals surface area contributed by atoms with Gasteiger partial charge in [-0.2, -0.15) is 0 Å². The van der Waals surface area contributed by atoms with Crippen LogP contribution in [0.15, 0.2) is 54.6 Å². The van der Waals surface area contributed by atoms with Crippen LogP contribution < -0.4 is 10.1 Å². The molecule has 0 aliphatic carbocycles. The molecule has 3 nitrogen and oxygen atoms in total. The van der Waals surface area contributed by atoms with E-state index < -0.39 is 0 Å². The molecule has 20 heavy (non-hydrogen) atoms. The van der Waals surface area contributed by atoms with E-state index in [4.69, 9.17) is 16.3 Å². The van der Waals surface area contributed by atoms with Crippen LogP contribution in [-0.4, -0.2) is 13.0 Å². The first-order valence-electron chi connectivity index (χ1n) is 6.07. The number of carbonyl (C=O) groups is 1. The van der Waals surface area contributed by atoms with Crippen molar-refractivity contribution in [1.82, 2.24) is 0 Å². The molecule has 0 saturated heterocycles. The van der Waals surface area contributed by atoms with Gasteiger partial charge in [0.05, 0.1) is 12.1 Å². The van der Waals surface area contributed by atoms with Crippen LogP contribution >= 0.6 is 11.6 Å². The second-order valence-electron chi connectivity index (χ2n) is 4.05. The zero-order valence-corrected chi connectivity index (χ0v) is 11.7. The number of nitrogens with one attached hydrogen (secondary N) is 1. The third-order valence-electron chi connectivity index (χ3n) is 2.67. The molecule has 0 bridgehead atoms. The molecule has 0 atom stereocenters. The number of methoxy groups -OCH3 is 1. The van der Waals surface area contributed by atoms with Gasteiger partial charge in [-0.1, -0.05) is 41.9 Å². The second kappa shape index (κ2) is 6.78. The number of halogens is 1. The van der Waals surface area contributed by atoms with Crippen LogP contribution in [0.1, 0.15) is 5.56 Å². The lowest BCUT2D eigenvalue weighted by Crippen LogP contribution is -2.07. The summed E-state index contributed by atoms with van der Waals surface area (Å²) in [5.74, 6) is 0.368. The van der Waals surface area contributed by atoms with Crippen molar-refractivity contribution in [2.24, 2.45) is 0 Å². The molecule has 0 saturated carbocycles. The Kier molecular flexibility index (Phi) is 4.80. The van der Waals surface area contributed by atoms with E-state index in [0.29, 0.717) is 10.8 Å². The normalized spacial score (nSPS) is 10.5. The first-order chi connectivity index (χ1) is 9.70. The SMILES string of the molecule is COc1cccc(/C=C/C(=O)Nc2ccccc2)c1Cl. The minimum Gasteiger partial charge on any atom is -0.495 e. The van der Waals surface area contributed by atoms with E-state index in [2.05, 4.69) is 5.32 Å². The van der Waals surface area contributed by atoms with Crippen molar-refractivity contribution in [3.63, 3.8) is 0 Å². The average Bonchev–Trinajstić information content (AvgIpc) is 2.47. The van der Waals surface area contributed by atoms with E-state index in [9.17, 15) is 4.79 Å². The van der Waals surface area contributed by atoms with Gasteiger partial charge in [0.15, 0.2) is 0 Å². The average molecular weight is 288 g/mol. The van der Waals surface area contributed by atoms with E-state index in [1.54, 1.807) is 19.3 Å². The molecule has 2 aromatic carbocycles. The monoisotopic (exact) mass is 287 g/mol. The maximum atomic E-state index is 11.8. The minimum absolute atomic E-state index is 0.213. The molecule has 0 radical (unpaired) electrons. The molecule has 0 aliphatic rings. The van der Waals surface area contributed by atoms with Crippen LogP contribution in [-0.2, 0) is 4.79 Å². The van der Waals surface area contributed by atoms with Crippen molar-refractivity contribution < 1.29 is 9.53 Å². The van der Waals surface area contributed by atoms with Gasteiger partial charge >= 0.3 is 0 Å². The first kappa shape index (κ1) is 14.2. The number of carbonyl (C=O) groups excluding carboxylic acids is 1. The summed E-state index contributed by atoms with van der Waals surface area (Å²) in [6, 6.07) is 14.7. The predicted molar refractivity (Wildman–Crippen MR) is 82.1 cm³/mol. The fraction of sp³-hybridized carbons (Fsp3) is 0.0625. The van der Waals surface area contributed by atoms with Gasteiger partial charge < -0.3 is 10.1 Å². The zero-order chi connectivity index (χ0) is 14.4. The lowest BCUT2D eigenvalue weighted by Gasteiger charge is -2.05. The summed E-state index contributed by atoms with van der Waals surface area (Å²) in [6.07, 6.45) is 3.09. The van der Waals surface area contributed by atoms with E-state index in [0.717, 1.165) is 11.3 Å². The number of hydrogen-bond donors (Lipinski definition) is 1. The lowest BCUT2D eigenvalue weighted by atomic mass is 10.2. The van der Waals surface area contributed by atoms with Gasteiger partial charge in [-0.25, -0.2) is 0 Å². The lowest BCUT2D eigenvalue weighted by molar-refractivity contribution is -0.111. The minimum atomic E-state index is -0.213. The Morgan fingerprint density at radius 2 is 1.90 bits per heavy atom. The second-order valence-corrected chi connectivity index (χ2v) is 4.43. The molecule has 102 valence electrons. The van der Waals surface area contributed by atoms with Crippen LogP contribution in [0.2, 0.25) is 5.02 Å². The number of rotatable bonds is 4. The molecule has 0 unspecified atom stereocenters. The molecule has 0 heterocycles. The number of benzene rings is 2. The highest BCUT2D eigenvalue weighted by Gasteiger charge is 2.04. The summed E-state index contributed by atoms with van der Waals surface area (Å²) in [7, 11) is 1.55. The number of hydrogen-bond acceptors (Lipinski definition) is 2. The third-order valence-corrected chi connectivity index (χ3v) is 3.07. The van der Waals surface area contributed by atoms with Crippen molar-refractivity contribution in [2.45, 2.75) is 0 Å². The molecular weight excluding hydrogens is 274 g/mol. The van der Waals surface area contributed by atoms with Gasteiger partial charge in [-0.05, 0) is 29.8 Å². The molecule has 0 aromatic heterocycles. The van der Waals surface area contributed by atoms with Crippen molar-refractivity contribution >= 4 is 29.3 Å². The molecule has 0 spiro atoms. The molecule has 1 N–H and O–H groups in total. The first-order valence-corrected chi connectivity index (χ1v) is 6.45. The summed E-state index contributed by atoms with van der Waals surface area (Å²) in [6.45, 7) is 0. The van der Waals surface area contributed by atoms with Crippen LogP contribution in [0.25, 0.3) is 6.08 Å². The van der Waals surface area contributed by atoms with Gasteiger partial charge in [0.1, 0.15) is 5.75 Å². The maximum Gasteiger partial charge on any atom is 0.248 e. The molecular formula is C16H14ClNO2. The molecule has 0 aliphatic heterocycles. The Labute approximate surface area is 122 Å². The van der Waals surface area contributed by atoms with E-state index in [1.807, 2.05) is 42.5 Å². The number of anilines is 1. The van der Waals surface area contributed by atoms with Gasteiger partial charge in [0, 0.05) is 11.8 Å². The summed E-state index contributed by atoms with van der Waals surface area (Å²) >= 11 is 6.14. The van der Waals surface area contributed by atoms with E-state index in [-0.39, 0.29) is 5.91 Å². The number of amides is 1. The summed E-state index contributed by atoms with van der Waals surface area (Å²) in [5, 5.41) is 3.25. The fourth-order valence-electron chi connectivity index (χ4n) is 1.69. The maximum absolute atomic E-state index is 11.8. The quantitative estimate of drug-likeness (QED) is 0.863. The highest BCUT2D eigenvalue weighted by atomic mass is 35.5. The van der Waals surface area contributed by atoms with Crippen LogP contribution in [0.3, 0.4) is 0 Å². The molecule has 4 heteroatoms. The standard InChI is InChI=1S/C16H14ClNO2/c1-20-14-9-5-6-12(16(14)17)10-11-15(19)18-13-7-3-2-4-8-13/h2-11H,1H3,(H,18,19)/b11-10+. The van der Waals surface area contributed by atoms with E-state index in [1.165, 1.54) is 6.08 Å². The van der Waals surface area contributed by atoms with Crippen molar-refractivity contribution in [2.75, 3.05) is 12.4 Å². The summed E-state index contributed by atoms with van der Waals surface area (Å²) < 4.78 is 5.12. The molecule has 2 rings (SSSR count). The Balaban J connectivity index is 2.08. The fourth-order valence-corrected chi connectivity index (χ4v) is 1.95. The van der Waals surface area contributed by atoms with Crippen molar-refractivity contribution in [1.29, 1.82) is 0 Å². The van der Waals surface area contributed by atoms with Gasteiger partial charge in [-0.3, -0.25) is 4.79 Å². The summed E-state index contributed by atoms with van der Waals surface area (Å²) in [4.78, 5) is 11.8. The zero-order valence-electron chi connectivity index (χ0n) is 11.0. The molecule has 1 amide bonds. The van der Waals surface area contributed by atoms with Gasteiger partial charge in [-0.15, -0.1) is 0 Å². The van der Waals surface area contributed by atoms with E-state index >= 15 is 0 Å². The van der Waals surface area contributed by atoms with Gasteiger partial charge in [0.2, 0.25) is 5.91 Å². The number of para-hydroxylation sites is 1. The third kappa shape index (κ3) is 3.62. The number of ether oxygens (including phenoxy) is 1. The highest BCUT2D eigenvalue weighted by Crippen LogP contribution is 2.28. The largest absolute Gasteiger partial charge is 0.495 e. The topological polar surface area (TPSA) is 38.3 Å². The molecule has 0 fully saturated rings. The Hall–Kier alpha value is -2.26. The van der Waals surface area contributed by atoms with Crippen molar-refractivity contribution in [3.8, 4) is 5.75 Å². The molecule has 2 aromatic rings. The van der Waals surface area contributed by atoms with Crippen molar-refractivity contribution in [3.05, 3.63) is 65.2 Å². The van der Waals surface area contributed by atoms with Crippen LogP contribution in [0.5, 0.6) is 5.75 Å². The highest BCUT2D eigenvalue weighted by molar-refractivity contribution is 6.33. The Bertz CT molecular complexity index is 624.